The normalized spacial score (nSPS) is 18.5. The Kier molecular flexibility index (Phi) is 6.59. The van der Waals surface area contributed by atoms with Crippen LogP contribution in [-0.2, 0) is 5.54 Å². The van der Waals surface area contributed by atoms with Gasteiger partial charge in [0, 0.05) is 11.4 Å². The number of rotatable bonds is 6. The van der Waals surface area contributed by atoms with Gasteiger partial charge in [0.25, 0.3) is 5.91 Å². The van der Waals surface area contributed by atoms with Crippen molar-refractivity contribution in [1.82, 2.24) is 4.98 Å². The third-order valence-corrected chi connectivity index (χ3v) is 5.44. The maximum absolute atomic E-state index is 12.6. The molecule has 7 heteroatoms. The summed E-state index contributed by atoms with van der Waals surface area (Å²) in [5.74, 6) is 1.28. The molecule has 1 aliphatic rings. The molecular weight excluding hydrogens is 384 g/mol. The molecule has 152 valence electrons. The molecule has 1 amide bonds. The number of allylic oxidation sites excluding steroid dienone is 1. The number of amidine groups is 1. The fourth-order valence-electron chi connectivity index (χ4n) is 2.93. The van der Waals surface area contributed by atoms with Crippen LogP contribution in [0.2, 0.25) is 0 Å². The van der Waals surface area contributed by atoms with Crippen LogP contribution >= 0.6 is 11.8 Å². The molecule has 3 N–H and O–H groups in total. The number of ether oxygens (including phenoxy) is 1. The van der Waals surface area contributed by atoms with Gasteiger partial charge in [-0.05, 0) is 63.1 Å². The summed E-state index contributed by atoms with van der Waals surface area (Å²) in [4.78, 5) is 21.4. The van der Waals surface area contributed by atoms with Crippen LogP contribution in [0.5, 0.6) is 5.75 Å². The van der Waals surface area contributed by atoms with Crippen molar-refractivity contribution in [1.29, 1.82) is 0 Å². The van der Waals surface area contributed by atoms with Gasteiger partial charge in [0.1, 0.15) is 18.1 Å². The van der Waals surface area contributed by atoms with Crippen molar-refractivity contribution in [3.05, 3.63) is 65.5 Å². The molecule has 1 aromatic heterocycles. The molecule has 0 fully saturated rings. The lowest BCUT2D eigenvalue weighted by atomic mass is 9.89. The van der Waals surface area contributed by atoms with Gasteiger partial charge in [-0.1, -0.05) is 29.5 Å². The highest BCUT2D eigenvalue weighted by Gasteiger charge is 2.29. The number of anilines is 1. The highest BCUT2D eigenvalue weighted by atomic mass is 32.2. The summed E-state index contributed by atoms with van der Waals surface area (Å²) in [7, 11) is 0. The molecule has 2 heterocycles. The molecule has 0 aliphatic carbocycles. The predicted molar refractivity (Wildman–Crippen MR) is 120 cm³/mol. The molecular formula is C22H26N4O2S. The van der Waals surface area contributed by atoms with Crippen molar-refractivity contribution in [3.8, 4) is 5.75 Å². The number of aliphatic imine (C=N–C) groups is 1. The summed E-state index contributed by atoms with van der Waals surface area (Å²) in [5.41, 5.74) is 8.78. The number of hydrogen-bond acceptors (Lipinski definition) is 6. The zero-order valence-corrected chi connectivity index (χ0v) is 17.8. The highest BCUT2D eigenvalue weighted by molar-refractivity contribution is 8.13. The van der Waals surface area contributed by atoms with E-state index in [9.17, 15) is 4.79 Å². The van der Waals surface area contributed by atoms with E-state index in [0.29, 0.717) is 28.9 Å². The van der Waals surface area contributed by atoms with Crippen molar-refractivity contribution in [2.45, 2.75) is 32.7 Å². The van der Waals surface area contributed by atoms with Crippen LogP contribution < -0.4 is 15.8 Å². The SMILES string of the molecule is CC(C)=CCOc1ccc(C(=O)Nc2cccc(C3(C)CCSC(N)=N3)c2)nc1. The molecule has 2 aromatic rings. The Labute approximate surface area is 175 Å². The number of nitrogens with two attached hydrogens (primary N) is 1. The number of pyridine rings is 1. The van der Waals surface area contributed by atoms with Crippen LogP contribution in [-0.4, -0.2) is 28.4 Å². The van der Waals surface area contributed by atoms with Crippen molar-refractivity contribution in [3.63, 3.8) is 0 Å². The van der Waals surface area contributed by atoms with E-state index < -0.39 is 0 Å². The summed E-state index contributed by atoms with van der Waals surface area (Å²) in [6.45, 7) is 6.57. The maximum atomic E-state index is 12.6. The molecule has 0 spiro atoms. The summed E-state index contributed by atoms with van der Waals surface area (Å²) in [5, 5.41) is 3.51. The Bertz CT molecular complexity index is 936. The van der Waals surface area contributed by atoms with Gasteiger partial charge < -0.3 is 15.8 Å². The fourth-order valence-corrected chi connectivity index (χ4v) is 3.90. The minimum atomic E-state index is -0.376. The Morgan fingerprint density at radius 3 is 2.86 bits per heavy atom. The Morgan fingerprint density at radius 2 is 2.17 bits per heavy atom. The number of carbonyl (C=O) groups excluding carboxylic acids is 1. The molecule has 1 atom stereocenters. The highest BCUT2D eigenvalue weighted by Crippen LogP contribution is 2.35. The second-order valence-electron chi connectivity index (χ2n) is 7.33. The third-order valence-electron chi connectivity index (χ3n) is 4.65. The van der Waals surface area contributed by atoms with Crippen LogP contribution in [0, 0.1) is 0 Å². The first-order chi connectivity index (χ1) is 13.9. The van der Waals surface area contributed by atoms with E-state index in [1.807, 2.05) is 44.2 Å². The van der Waals surface area contributed by atoms with Crippen molar-refractivity contribution in [2.24, 2.45) is 10.7 Å². The summed E-state index contributed by atoms with van der Waals surface area (Å²) in [6, 6.07) is 11.1. The molecule has 6 nitrogen and oxygen atoms in total. The topological polar surface area (TPSA) is 89.6 Å². The summed E-state index contributed by atoms with van der Waals surface area (Å²) >= 11 is 1.57. The number of nitrogens with one attached hydrogen (secondary N) is 1. The zero-order valence-electron chi connectivity index (χ0n) is 16.9. The lowest BCUT2D eigenvalue weighted by molar-refractivity contribution is 0.102. The molecule has 29 heavy (non-hydrogen) atoms. The molecule has 1 unspecified atom stereocenters. The maximum Gasteiger partial charge on any atom is 0.274 e. The van der Waals surface area contributed by atoms with Gasteiger partial charge in [-0.25, -0.2) is 4.98 Å². The third kappa shape index (κ3) is 5.60. The quantitative estimate of drug-likeness (QED) is 0.691. The Morgan fingerprint density at radius 1 is 1.34 bits per heavy atom. The first-order valence-corrected chi connectivity index (χ1v) is 10.5. The summed E-state index contributed by atoms with van der Waals surface area (Å²) < 4.78 is 5.58. The number of carbonyl (C=O) groups is 1. The number of aromatic nitrogens is 1. The molecule has 1 aliphatic heterocycles. The molecule has 1 aromatic carbocycles. The van der Waals surface area contributed by atoms with Crippen LogP contribution in [0.4, 0.5) is 5.69 Å². The van der Waals surface area contributed by atoms with E-state index in [-0.39, 0.29) is 11.4 Å². The van der Waals surface area contributed by atoms with Crippen molar-refractivity contribution in [2.75, 3.05) is 17.7 Å². The van der Waals surface area contributed by atoms with Crippen LogP contribution in [0.1, 0.15) is 43.2 Å². The molecule has 3 rings (SSSR count). The molecule has 0 radical (unpaired) electrons. The Balaban J connectivity index is 1.68. The Hall–Kier alpha value is -2.80. The van der Waals surface area contributed by atoms with Crippen LogP contribution in [0.25, 0.3) is 0 Å². The van der Waals surface area contributed by atoms with Gasteiger partial charge in [0.2, 0.25) is 0 Å². The number of hydrogen-bond donors (Lipinski definition) is 2. The second-order valence-corrected chi connectivity index (χ2v) is 8.44. The van der Waals surface area contributed by atoms with Gasteiger partial charge in [-0.2, -0.15) is 0 Å². The lowest BCUT2D eigenvalue weighted by Gasteiger charge is -2.30. The van der Waals surface area contributed by atoms with Gasteiger partial charge in [-0.15, -0.1) is 0 Å². The van der Waals surface area contributed by atoms with E-state index in [2.05, 4.69) is 22.2 Å². The fraction of sp³-hybridized carbons (Fsp3) is 0.318. The van der Waals surface area contributed by atoms with Crippen LogP contribution in [0.15, 0.2) is 59.2 Å². The number of nitrogens with zero attached hydrogens (tertiary/aromatic N) is 2. The zero-order chi connectivity index (χ0) is 20.9. The van der Waals surface area contributed by atoms with E-state index in [1.165, 1.54) is 5.57 Å². The first-order valence-electron chi connectivity index (χ1n) is 9.48. The number of benzene rings is 1. The lowest BCUT2D eigenvalue weighted by Crippen LogP contribution is -2.28. The van der Waals surface area contributed by atoms with Gasteiger partial charge in [-0.3, -0.25) is 9.79 Å². The molecule has 0 saturated carbocycles. The monoisotopic (exact) mass is 410 g/mol. The summed E-state index contributed by atoms with van der Waals surface area (Å²) in [6.07, 6.45) is 4.44. The van der Waals surface area contributed by atoms with Gasteiger partial charge in [0.15, 0.2) is 5.17 Å². The smallest absolute Gasteiger partial charge is 0.274 e. The van der Waals surface area contributed by atoms with Gasteiger partial charge in [0.05, 0.1) is 11.7 Å². The first kappa shape index (κ1) is 20.9. The average Bonchev–Trinajstić information content (AvgIpc) is 2.68. The minimum absolute atomic E-state index is 0.273. The standard InChI is InChI=1S/C22H26N4O2S/c1-15(2)9-11-28-18-7-8-19(24-14-18)20(27)25-17-6-4-5-16(13-17)22(3)10-12-29-21(23)26-22/h4-9,13-14H,10-12H2,1-3H3,(H2,23,26)(H,25,27). The minimum Gasteiger partial charge on any atom is -0.488 e. The second kappa shape index (κ2) is 9.13. The average molecular weight is 411 g/mol. The number of amides is 1. The number of thioether (sulfide) groups is 1. The van der Waals surface area contributed by atoms with E-state index in [0.717, 1.165) is 17.7 Å². The van der Waals surface area contributed by atoms with Crippen LogP contribution in [0.3, 0.4) is 0 Å². The van der Waals surface area contributed by atoms with E-state index in [4.69, 9.17) is 10.5 Å². The van der Waals surface area contributed by atoms with E-state index >= 15 is 0 Å². The van der Waals surface area contributed by atoms with E-state index in [1.54, 1.807) is 30.1 Å². The largest absolute Gasteiger partial charge is 0.488 e. The molecule has 0 saturated heterocycles. The van der Waals surface area contributed by atoms with Crippen molar-refractivity contribution >= 4 is 28.5 Å². The van der Waals surface area contributed by atoms with Gasteiger partial charge >= 0.3 is 0 Å². The predicted octanol–water partition coefficient (Wildman–Crippen LogP) is 4.35. The van der Waals surface area contributed by atoms with Crippen molar-refractivity contribution < 1.29 is 9.53 Å². The molecule has 0 bridgehead atoms.